The molecular weight excluding hydrogens is 410 g/mol. The third-order valence-electron chi connectivity index (χ3n) is 4.54. The normalized spacial score (nSPS) is 16.0. The van der Waals surface area contributed by atoms with Gasteiger partial charge in [0, 0.05) is 0 Å². The average molecular weight is 448 g/mol. The summed E-state index contributed by atoms with van der Waals surface area (Å²) in [6.07, 6.45) is 0.290. The van der Waals surface area contributed by atoms with Crippen LogP contribution in [0, 0.1) is 5.92 Å². The second-order valence-corrected chi connectivity index (χ2v) is 7.88. The Morgan fingerprint density at radius 3 is 1.84 bits per heavy atom. The van der Waals surface area contributed by atoms with Crippen LogP contribution in [0.3, 0.4) is 0 Å². The van der Waals surface area contributed by atoms with Crippen molar-refractivity contribution in [3.8, 4) is 0 Å². The number of carboxylic acids is 1. The molecule has 12 heteroatoms. The molecule has 5 atom stereocenters. The molecule has 31 heavy (non-hydrogen) atoms. The van der Waals surface area contributed by atoms with Crippen molar-refractivity contribution < 1.29 is 34.5 Å². The van der Waals surface area contributed by atoms with Crippen LogP contribution in [0.5, 0.6) is 0 Å². The first kappa shape index (κ1) is 28.7. The predicted molar refractivity (Wildman–Crippen MR) is 113 cm³/mol. The number of hydrogen-bond donors (Lipinski definition) is 8. The van der Waals surface area contributed by atoms with Crippen LogP contribution in [-0.4, -0.2) is 82.4 Å². The maximum absolute atomic E-state index is 12.7. The summed E-state index contributed by atoms with van der Waals surface area (Å²) < 4.78 is 0. The number of amides is 3. The lowest BCUT2D eigenvalue weighted by molar-refractivity contribution is -0.143. The molecule has 0 bridgehead atoms. The Hall–Kier alpha value is -2.28. The highest BCUT2D eigenvalue weighted by atomic mass is 16.4. The van der Waals surface area contributed by atoms with Gasteiger partial charge in [-0.15, -0.1) is 0 Å². The van der Waals surface area contributed by atoms with Crippen LogP contribution < -0.4 is 27.4 Å². The van der Waals surface area contributed by atoms with Gasteiger partial charge >= 0.3 is 5.97 Å². The van der Waals surface area contributed by atoms with Crippen molar-refractivity contribution in [2.75, 3.05) is 13.2 Å². The molecule has 0 rings (SSSR count). The number of unbranched alkanes of at least 4 members (excludes halogenated alkanes) is 1. The van der Waals surface area contributed by atoms with Gasteiger partial charge in [-0.1, -0.05) is 13.8 Å². The van der Waals surface area contributed by atoms with Crippen LogP contribution >= 0.6 is 0 Å². The molecule has 0 radical (unpaired) electrons. The fraction of sp³-hybridized carbons (Fsp3) is 0.789. The Morgan fingerprint density at radius 2 is 1.39 bits per heavy atom. The second kappa shape index (κ2) is 14.7. The zero-order chi connectivity index (χ0) is 24.1. The van der Waals surface area contributed by atoms with E-state index in [2.05, 4.69) is 16.0 Å². The summed E-state index contributed by atoms with van der Waals surface area (Å²) >= 11 is 0. The second-order valence-electron chi connectivity index (χ2n) is 7.88. The fourth-order valence-electron chi connectivity index (χ4n) is 2.68. The number of aliphatic hydroxyl groups excluding tert-OH is 2. The number of aliphatic carboxylic acids is 1. The Bertz CT molecular complexity index is 600. The molecule has 0 heterocycles. The first-order valence-corrected chi connectivity index (χ1v) is 10.3. The molecule has 0 aromatic carbocycles. The van der Waals surface area contributed by atoms with Gasteiger partial charge in [0.15, 0.2) is 0 Å². The largest absolute Gasteiger partial charge is 0.480 e. The number of rotatable bonds is 15. The van der Waals surface area contributed by atoms with Crippen molar-refractivity contribution in [2.24, 2.45) is 17.4 Å². The summed E-state index contributed by atoms with van der Waals surface area (Å²) in [6, 6.07) is -4.94. The summed E-state index contributed by atoms with van der Waals surface area (Å²) in [6.45, 7) is 4.52. The minimum Gasteiger partial charge on any atom is -0.480 e. The smallest absolute Gasteiger partial charge is 0.326 e. The molecule has 12 nitrogen and oxygen atoms in total. The van der Waals surface area contributed by atoms with Gasteiger partial charge in [-0.05, 0) is 45.1 Å². The molecule has 0 saturated heterocycles. The first-order valence-electron chi connectivity index (χ1n) is 10.3. The zero-order valence-corrected chi connectivity index (χ0v) is 18.3. The number of carbonyl (C=O) groups excluding carboxylic acids is 3. The number of nitrogens with one attached hydrogen (secondary N) is 3. The van der Waals surface area contributed by atoms with Gasteiger partial charge in [0.1, 0.15) is 24.2 Å². The molecular formula is C19H37N5O7. The van der Waals surface area contributed by atoms with E-state index in [9.17, 15) is 34.5 Å². The van der Waals surface area contributed by atoms with Crippen LogP contribution in [0.2, 0.25) is 0 Å². The van der Waals surface area contributed by atoms with E-state index in [-0.39, 0.29) is 18.8 Å². The summed E-state index contributed by atoms with van der Waals surface area (Å²) in [5.41, 5.74) is 11.0. The summed E-state index contributed by atoms with van der Waals surface area (Å²) in [4.78, 5) is 48.6. The maximum Gasteiger partial charge on any atom is 0.326 e. The number of carbonyl (C=O) groups is 4. The standard InChI is InChI=1S/C19H37N5O7/c1-10(2)8-13(19(30)31)23-17(28)14(9-25)24-16(27)12(6-4-5-7-20)22-18(29)15(21)11(3)26/h10-15,25-26H,4-9,20-21H2,1-3H3,(H,22,29)(H,23,28)(H,24,27)(H,30,31). The molecule has 5 unspecified atom stereocenters. The Morgan fingerprint density at radius 1 is 0.871 bits per heavy atom. The third-order valence-corrected chi connectivity index (χ3v) is 4.54. The molecule has 0 saturated carbocycles. The van der Waals surface area contributed by atoms with Crippen molar-refractivity contribution in [1.82, 2.24) is 16.0 Å². The lowest BCUT2D eigenvalue weighted by Crippen LogP contribution is -2.59. The van der Waals surface area contributed by atoms with Gasteiger partial charge in [-0.25, -0.2) is 4.79 Å². The molecule has 0 aliphatic carbocycles. The Balaban J connectivity index is 5.23. The highest BCUT2D eigenvalue weighted by molar-refractivity contribution is 5.94. The third kappa shape index (κ3) is 11.1. The monoisotopic (exact) mass is 447 g/mol. The lowest BCUT2D eigenvalue weighted by Gasteiger charge is -2.25. The number of hydrogen-bond acceptors (Lipinski definition) is 8. The highest BCUT2D eigenvalue weighted by Gasteiger charge is 2.30. The maximum atomic E-state index is 12.7. The van der Waals surface area contributed by atoms with Crippen LogP contribution in [0.1, 0.15) is 46.5 Å². The van der Waals surface area contributed by atoms with E-state index in [0.717, 1.165) is 0 Å². The van der Waals surface area contributed by atoms with E-state index in [0.29, 0.717) is 19.4 Å². The van der Waals surface area contributed by atoms with Crippen molar-refractivity contribution in [2.45, 2.75) is 76.7 Å². The van der Waals surface area contributed by atoms with Gasteiger partial charge < -0.3 is 42.7 Å². The van der Waals surface area contributed by atoms with Crippen molar-refractivity contribution in [1.29, 1.82) is 0 Å². The lowest BCUT2D eigenvalue weighted by atomic mass is 10.0. The van der Waals surface area contributed by atoms with Crippen LogP contribution in [0.4, 0.5) is 0 Å². The number of aliphatic hydroxyl groups is 2. The first-order chi connectivity index (χ1) is 14.4. The van der Waals surface area contributed by atoms with Gasteiger partial charge in [0.05, 0.1) is 12.7 Å². The summed E-state index contributed by atoms with van der Waals surface area (Å²) in [5, 5.41) is 35.3. The van der Waals surface area contributed by atoms with Crippen LogP contribution in [0.15, 0.2) is 0 Å². The van der Waals surface area contributed by atoms with E-state index in [1.807, 2.05) is 0 Å². The van der Waals surface area contributed by atoms with E-state index in [4.69, 9.17) is 11.5 Å². The van der Waals surface area contributed by atoms with Crippen molar-refractivity contribution in [3.05, 3.63) is 0 Å². The molecule has 0 fully saturated rings. The minimum atomic E-state index is -1.42. The van der Waals surface area contributed by atoms with Crippen molar-refractivity contribution >= 4 is 23.7 Å². The Kier molecular flexibility index (Phi) is 13.6. The average Bonchev–Trinajstić information content (AvgIpc) is 2.69. The molecule has 3 amide bonds. The molecule has 180 valence electrons. The Labute approximate surface area is 182 Å². The van der Waals surface area contributed by atoms with Crippen LogP contribution in [0.25, 0.3) is 0 Å². The van der Waals surface area contributed by atoms with E-state index >= 15 is 0 Å². The fourth-order valence-corrected chi connectivity index (χ4v) is 2.68. The SMILES string of the molecule is CC(C)CC(NC(=O)C(CO)NC(=O)C(CCCCN)NC(=O)C(N)C(C)O)C(=O)O. The summed E-state index contributed by atoms with van der Waals surface area (Å²) in [5.74, 6) is -3.62. The molecule has 10 N–H and O–H groups in total. The zero-order valence-electron chi connectivity index (χ0n) is 18.3. The predicted octanol–water partition coefficient (Wildman–Crippen LogP) is -2.60. The highest BCUT2D eigenvalue weighted by Crippen LogP contribution is 2.06. The molecule has 0 aliphatic heterocycles. The molecule has 0 aromatic rings. The van der Waals surface area contributed by atoms with Crippen molar-refractivity contribution in [3.63, 3.8) is 0 Å². The van der Waals surface area contributed by atoms with E-state index < -0.39 is 60.6 Å². The van der Waals surface area contributed by atoms with E-state index in [1.54, 1.807) is 13.8 Å². The molecule has 0 spiro atoms. The van der Waals surface area contributed by atoms with Crippen LogP contribution in [-0.2, 0) is 19.2 Å². The minimum absolute atomic E-state index is 0.0103. The molecule has 0 aliphatic rings. The van der Waals surface area contributed by atoms with E-state index in [1.165, 1.54) is 6.92 Å². The number of nitrogens with two attached hydrogens (primary N) is 2. The van der Waals surface area contributed by atoms with Gasteiger partial charge in [-0.2, -0.15) is 0 Å². The van der Waals surface area contributed by atoms with Gasteiger partial charge in [0.25, 0.3) is 0 Å². The van der Waals surface area contributed by atoms with Gasteiger partial charge in [-0.3, -0.25) is 14.4 Å². The quantitative estimate of drug-likeness (QED) is 0.123. The number of carboxylic acid groups (broad SMARTS) is 1. The molecule has 0 aromatic heterocycles. The summed E-state index contributed by atoms with van der Waals surface area (Å²) in [7, 11) is 0. The topological polar surface area (TPSA) is 217 Å². The van der Waals surface area contributed by atoms with Gasteiger partial charge in [0.2, 0.25) is 17.7 Å².